The predicted molar refractivity (Wildman–Crippen MR) is 148 cm³/mol. The van der Waals surface area contributed by atoms with E-state index < -0.39 is 22.7 Å². The number of nitrogens with zero attached hydrogens (tertiary/aromatic N) is 6. The topological polar surface area (TPSA) is 112 Å². The van der Waals surface area contributed by atoms with E-state index >= 15 is 0 Å². The average molecular weight is 668 g/mol. The zero-order valence-electron chi connectivity index (χ0n) is 21.4. The zero-order valence-corrected chi connectivity index (χ0v) is 24.6. The third-order valence-electron chi connectivity index (χ3n) is 6.26. The van der Waals surface area contributed by atoms with Crippen molar-refractivity contribution in [1.82, 2.24) is 24.5 Å². The molecule has 206 valence electrons. The van der Waals surface area contributed by atoms with Gasteiger partial charge in [-0.1, -0.05) is 0 Å². The quantitative estimate of drug-likeness (QED) is 0.179. The molecule has 3 heterocycles. The zero-order chi connectivity index (χ0) is 28.4. The minimum Gasteiger partial charge on any atom is -0.389 e. The summed E-state index contributed by atoms with van der Waals surface area (Å²) in [6.45, 7) is 4.62. The second-order valence-corrected chi connectivity index (χ2v) is 11.1. The highest BCUT2D eigenvalue weighted by Crippen LogP contribution is 2.35. The van der Waals surface area contributed by atoms with Gasteiger partial charge < -0.3 is 15.2 Å². The molecule has 0 radical (unpaired) electrons. The Bertz CT molecular complexity index is 1520. The number of aliphatic hydroxyl groups excluding tert-OH is 1. The van der Waals surface area contributed by atoms with Gasteiger partial charge >= 0.3 is 5.82 Å². The fourth-order valence-corrected chi connectivity index (χ4v) is 5.13. The summed E-state index contributed by atoms with van der Waals surface area (Å²) in [5, 5.41) is 29.5. The minimum absolute atomic E-state index is 0.364. The summed E-state index contributed by atoms with van der Waals surface area (Å²) < 4.78 is 31.5. The second kappa shape index (κ2) is 12.0. The van der Waals surface area contributed by atoms with Crippen LogP contribution in [-0.2, 0) is 20.0 Å². The first-order valence-corrected chi connectivity index (χ1v) is 13.7. The Hall–Kier alpha value is -3.03. The highest BCUT2D eigenvalue weighted by Gasteiger charge is 2.25. The van der Waals surface area contributed by atoms with Gasteiger partial charge in [0.05, 0.1) is 22.0 Å². The maximum Gasteiger partial charge on any atom is 0.399 e. The molecule has 5 rings (SSSR count). The van der Waals surface area contributed by atoms with Crippen molar-refractivity contribution < 1.29 is 18.8 Å². The Labute approximate surface area is 240 Å². The number of aryl methyl sites for hydroxylation is 2. The lowest BCUT2D eigenvalue weighted by Gasteiger charge is -2.12. The molecule has 1 atom stereocenters. The molecule has 0 amide bonds. The van der Waals surface area contributed by atoms with Gasteiger partial charge in [0.2, 0.25) is 5.82 Å². The van der Waals surface area contributed by atoms with E-state index in [4.69, 9.17) is 5.10 Å². The molecule has 13 heteroatoms. The number of aromatic nitrogens is 5. The van der Waals surface area contributed by atoms with Crippen LogP contribution in [0.1, 0.15) is 48.3 Å². The van der Waals surface area contributed by atoms with Crippen molar-refractivity contribution in [2.45, 2.75) is 45.8 Å². The number of pyridine rings is 1. The average Bonchev–Trinajstić information content (AvgIpc) is 3.55. The molecule has 1 saturated carbocycles. The van der Waals surface area contributed by atoms with Gasteiger partial charge in [0, 0.05) is 49.0 Å². The van der Waals surface area contributed by atoms with Crippen molar-refractivity contribution in [3.8, 4) is 11.3 Å². The lowest BCUT2D eigenvalue weighted by Crippen LogP contribution is -2.02. The smallest absolute Gasteiger partial charge is 0.389 e. The highest BCUT2D eigenvalue weighted by molar-refractivity contribution is 9.10. The number of nitro groups is 1. The SMILES string of the molecule is Cc1nn(CC2CC2)c(Br)c1Cc1cn(C)nc1-c1ccc(F)cc1[C@@H](C)O.O=[N+]([O-])c1ncc(Br)cc1F. The molecule has 0 saturated heterocycles. The number of rotatable bonds is 7. The Morgan fingerprint density at radius 3 is 2.56 bits per heavy atom. The van der Waals surface area contributed by atoms with Crippen LogP contribution in [0.15, 0.2) is 45.7 Å². The fourth-order valence-electron chi connectivity index (χ4n) is 4.18. The van der Waals surface area contributed by atoms with Crippen molar-refractivity contribution in [3.05, 3.63) is 89.9 Å². The number of hydrogen-bond donors (Lipinski definition) is 1. The van der Waals surface area contributed by atoms with E-state index in [-0.39, 0.29) is 5.82 Å². The van der Waals surface area contributed by atoms with Crippen LogP contribution in [0, 0.1) is 34.6 Å². The molecule has 1 aromatic carbocycles. The molecule has 4 aromatic rings. The van der Waals surface area contributed by atoms with Crippen molar-refractivity contribution in [2.24, 2.45) is 13.0 Å². The second-order valence-electron chi connectivity index (χ2n) is 9.46. The van der Waals surface area contributed by atoms with Crippen molar-refractivity contribution >= 4 is 37.7 Å². The van der Waals surface area contributed by atoms with Gasteiger partial charge in [0.1, 0.15) is 10.4 Å². The molecule has 1 fully saturated rings. The molecule has 0 aliphatic heterocycles. The number of benzene rings is 1. The molecular formula is C26H26Br2F2N6O3. The Balaban J connectivity index is 0.000000270. The third-order valence-corrected chi connectivity index (χ3v) is 7.58. The van der Waals surface area contributed by atoms with E-state index in [1.807, 2.05) is 20.2 Å². The molecule has 1 N–H and O–H groups in total. The Morgan fingerprint density at radius 1 is 1.23 bits per heavy atom. The molecule has 0 unspecified atom stereocenters. The molecule has 0 spiro atoms. The molecule has 39 heavy (non-hydrogen) atoms. The van der Waals surface area contributed by atoms with Gasteiger partial charge in [-0.2, -0.15) is 14.6 Å². The van der Waals surface area contributed by atoms with Crippen LogP contribution in [0.4, 0.5) is 14.6 Å². The van der Waals surface area contributed by atoms with E-state index in [0.29, 0.717) is 16.5 Å². The monoisotopic (exact) mass is 666 g/mol. The van der Waals surface area contributed by atoms with Crippen LogP contribution in [-0.4, -0.2) is 34.6 Å². The van der Waals surface area contributed by atoms with E-state index in [1.54, 1.807) is 17.7 Å². The van der Waals surface area contributed by atoms with Gasteiger partial charge in [0.15, 0.2) is 6.20 Å². The van der Waals surface area contributed by atoms with E-state index in [2.05, 4.69) is 46.6 Å². The van der Waals surface area contributed by atoms with Crippen LogP contribution >= 0.6 is 31.9 Å². The summed E-state index contributed by atoms with van der Waals surface area (Å²) >= 11 is 6.65. The van der Waals surface area contributed by atoms with Crippen LogP contribution in [0.2, 0.25) is 0 Å². The van der Waals surface area contributed by atoms with Crippen LogP contribution in [0.25, 0.3) is 11.3 Å². The molecular weight excluding hydrogens is 642 g/mol. The van der Waals surface area contributed by atoms with Crippen LogP contribution in [0.5, 0.6) is 0 Å². The summed E-state index contributed by atoms with van der Waals surface area (Å²) in [7, 11) is 1.87. The normalized spacial score (nSPS) is 13.6. The first-order chi connectivity index (χ1) is 18.4. The molecule has 3 aromatic heterocycles. The minimum atomic E-state index is -0.940. The summed E-state index contributed by atoms with van der Waals surface area (Å²) in [5.41, 5.74) is 5.21. The van der Waals surface area contributed by atoms with Gasteiger partial charge in [-0.3, -0.25) is 9.36 Å². The maximum absolute atomic E-state index is 13.7. The fraction of sp³-hybridized carbons (Fsp3) is 0.346. The van der Waals surface area contributed by atoms with Crippen molar-refractivity contribution in [2.75, 3.05) is 0 Å². The standard InChI is InChI=1S/C21H24BrFN4O.C5H2BrFN2O2/c1-12-18(21(22)27(24-12)10-14-4-5-14)8-15-11-26(3)25-20(15)17-7-6-16(23)9-19(17)13(2)28;6-3-1-4(7)5(8-2-3)9(10)11/h6-7,9,11,13-14,28H,4-5,8,10H2,1-3H3;1-2H/t13-;/m1./s1. The number of aliphatic hydroxyl groups is 1. The maximum atomic E-state index is 13.7. The predicted octanol–water partition coefficient (Wildman–Crippen LogP) is 6.44. The van der Waals surface area contributed by atoms with Crippen LogP contribution in [0.3, 0.4) is 0 Å². The van der Waals surface area contributed by atoms with E-state index in [1.165, 1.54) is 31.2 Å². The van der Waals surface area contributed by atoms with Gasteiger partial charge in [-0.15, -0.1) is 0 Å². The van der Waals surface area contributed by atoms with Crippen LogP contribution < -0.4 is 0 Å². The van der Waals surface area contributed by atoms with Crippen molar-refractivity contribution in [1.29, 1.82) is 0 Å². The van der Waals surface area contributed by atoms with Gasteiger partial charge in [0.25, 0.3) is 0 Å². The molecule has 9 nitrogen and oxygen atoms in total. The number of hydrogen-bond acceptors (Lipinski definition) is 6. The third kappa shape index (κ3) is 6.95. The molecule has 1 aliphatic carbocycles. The largest absolute Gasteiger partial charge is 0.399 e. The molecule has 0 bridgehead atoms. The summed E-state index contributed by atoms with van der Waals surface area (Å²) in [6.07, 6.45) is 5.59. The lowest BCUT2D eigenvalue weighted by atomic mass is 9.96. The number of halogens is 4. The summed E-state index contributed by atoms with van der Waals surface area (Å²) in [6, 6.07) is 5.48. The Morgan fingerprint density at radius 2 is 1.95 bits per heavy atom. The first kappa shape index (κ1) is 29.0. The van der Waals surface area contributed by atoms with Gasteiger partial charge in [-0.25, -0.2) is 4.39 Å². The molecule has 1 aliphatic rings. The summed E-state index contributed by atoms with van der Waals surface area (Å²) in [5.74, 6) is -1.32. The summed E-state index contributed by atoms with van der Waals surface area (Å²) in [4.78, 5) is 12.4. The lowest BCUT2D eigenvalue weighted by molar-refractivity contribution is -0.392. The van der Waals surface area contributed by atoms with E-state index in [0.717, 1.165) is 51.2 Å². The highest BCUT2D eigenvalue weighted by atomic mass is 79.9. The first-order valence-electron chi connectivity index (χ1n) is 12.1. The Kier molecular flexibility index (Phi) is 8.92. The van der Waals surface area contributed by atoms with Gasteiger partial charge in [-0.05, 0) is 98.1 Å². The van der Waals surface area contributed by atoms with E-state index in [9.17, 15) is 24.0 Å². The van der Waals surface area contributed by atoms with Crippen molar-refractivity contribution in [3.63, 3.8) is 0 Å².